The smallest absolute Gasteiger partial charge is 0.240 e. The molecule has 0 aliphatic carbocycles. The van der Waals surface area contributed by atoms with Crippen LogP contribution in [-0.2, 0) is 16.4 Å². The molecule has 6 nitrogen and oxygen atoms in total. The number of nitrogens with one attached hydrogen (secondary N) is 2. The summed E-state index contributed by atoms with van der Waals surface area (Å²) in [5, 5.41) is 11.7. The average Bonchev–Trinajstić information content (AvgIpc) is 3.48. The van der Waals surface area contributed by atoms with Crippen LogP contribution in [0.3, 0.4) is 0 Å². The molecule has 150 valence electrons. The molecule has 0 aliphatic rings. The van der Waals surface area contributed by atoms with Crippen molar-refractivity contribution in [3.05, 3.63) is 64.9 Å². The van der Waals surface area contributed by atoms with Crippen molar-refractivity contribution in [2.24, 2.45) is 0 Å². The lowest BCUT2D eigenvalue weighted by Gasteiger charge is -2.09. The molecule has 0 fully saturated rings. The molecule has 4 aromatic rings. The molecule has 0 amide bonds. The van der Waals surface area contributed by atoms with Crippen LogP contribution in [0.1, 0.15) is 5.56 Å². The average molecular weight is 446 g/mol. The first-order valence-electron chi connectivity index (χ1n) is 8.87. The van der Waals surface area contributed by atoms with E-state index in [0.29, 0.717) is 12.2 Å². The van der Waals surface area contributed by atoms with Crippen molar-refractivity contribution in [3.63, 3.8) is 0 Å². The van der Waals surface area contributed by atoms with Gasteiger partial charge in [0.1, 0.15) is 11.4 Å². The highest BCUT2D eigenvalue weighted by Gasteiger charge is 2.19. The molecule has 9 heteroatoms. The molecule has 0 bridgehead atoms. The summed E-state index contributed by atoms with van der Waals surface area (Å²) in [6.07, 6.45) is 0.520. The SMILES string of the molecule is COc1ccc(S(=O)(=O)NCCc2c(-c3cccs3)n[nH]c2-c2cccs2)cc1. The number of hydrogen-bond acceptors (Lipinski definition) is 6. The topological polar surface area (TPSA) is 84.1 Å². The van der Waals surface area contributed by atoms with Gasteiger partial charge in [-0.05, 0) is 53.6 Å². The number of thiophene rings is 2. The normalized spacial score (nSPS) is 11.6. The number of benzene rings is 1. The van der Waals surface area contributed by atoms with Crippen LogP contribution in [0.5, 0.6) is 5.75 Å². The number of hydrogen-bond donors (Lipinski definition) is 2. The van der Waals surface area contributed by atoms with Gasteiger partial charge in [-0.3, -0.25) is 5.10 Å². The van der Waals surface area contributed by atoms with Crippen LogP contribution in [0, 0.1) is 0 Å². The number of sulfonamides is 1. The van der Waals surface area contributed by atoms with Gasteiger partial charge in [0.05, 0.1) is 27.5 Å². The van der Waals surface area contributed by atoms with Gasteiger partial charge in [-0.2, -0.15) is 5.10 Å². The van der Waals surface area contributed by atoms with Crippen molar-refractivity contribution in [1.82, 2.24) is 14.9 Å². The minimum Gasteiger partial charge on any atom is -0.497 e. The zero-order valence-electron chi connectivity index (χ0n) is 15.6. The first-order chi connectivity index (χ1) is 14.1. The molecule has 0 saturated carbocycles. The van der Waals surface area contributed by atoms with E-state index in [-0.39, 0.29) is 11.4 Å². The molecule has 3 aromatic heterocycles. The van der Waals surface area contributed by atoms with Gasteiger partial charge in [-0.25, -0.2) is 13.1 Å². The Morgan fingerprint density at radius 2 is 1.72 bits per heavy atom. The van der Waals surface area contributed by atoms with Crippen LogP contribution in [-0.4, -0.2) is 32.3 Å². The van der Waals surface area contributed by atoms with E-state index in [1.807, 2.05) is 35.0 Å². The van der Waals surface area contributed by atoms with Gasteiger partial charge < -0.3 is 4.74 Å². The van der Waals surface area contributed by atoms with Crippen molar-refractivity contribution in [1.29, 1.82) is 0 Å². The summed E-state index contributed by atoms with van der Waals surface area (Å²) < 4.78 is 33.0. The largest absolute Gasteiger partial charge is 0.497 e. The fourth-order valence-corrected chi connectivity index (χ4v) is 5.52. The van der Waals surface area contributed by atoms with Crippen LogP contribution < -0.4 is 9.46 Å². The van der Waals surface area contributed by atoms with Crippen LogP contribution in [0.15, 0.2) is 64.2 Å². The maximum Gasteiger partial charge on any atom is 0.240 e. The lowest BCUT2D eigenvalue weighted by atomic mass is 10.1. The van der Waals surface area contributed by atoms with E-state index in [1.54, 1.807) is 41.9 Å². The van der Waals surface area contributed by atoms with Crippen molar-refractivity contribution in [2.45, 2.75) is 11.3 Å². The highest BCUT2D eigenvalue weighted by molar-refractivity contribution is 7.89. The quantitative estimate of drug-likeness (QED) is 0.421. The molecular formula is C20H19N3O3S3. The Kier molecular flexibility index (Phi) is 5.81. The van der Waals surface area contributed by atoms with E-state index in [1.165, 1.54) is 12.1 Å². The lowest BCUT2D eigenvalue weighted by Crippen LogP contribution is -2.26. The number of aromatic nitrogens is 2. The summed E-state index contributed by atoms with van der Waals surface area (Å²) in [7, 11) is -2.06. The third-order valence-electron chi connectivity index (χ3n) is 4.43. The number of rotatable bonds is 8. The van der Waals surface area contributed by atoms with E-state index in [4.69, 9.17) is 4.74 Å². The zero-order chi connectivity index (χ0) is 20.3. The number of ether oxygens (including phenoxy) is 1. The predicted molar refractivity (Wildman–Crippen MR) is 117 cm³/mol. The van der Waals surface area contributed by atoms with Gasteiger partial charge in [0.15, 0.2) is 0 Å². The van der Waals surface area contributed by atoms with Crippen molar-refractivity contribution in [3.8, 4) is 26.9 Å². The summed E-state index contributed by atoms with van der Waals surface area (Å²) in [4.78, 5) is 2.34. The third-order valence-corrected chi connectivity index (χ3v) is 7.67. The van der Waals surface area contributed by atoms with Crippen LogP contribution in [0.4, 0.5) is 0 Å². The fraction of sp³-hybridized carbons (Fsp3) is 0.150. The first kappa shape index (κ1) is 19.8. The van der Waals surface area contributed by atoms with Crippen molar-refractivity contribution < 1.29 is 13.2 Å². The summed E-state index contributed by atoms with van der Waals surface area (Å²) >= 11 is 3.23. The molecular weight excluding hydrogens is 426 g/mol. The maximum absolute atomic E-state index is 12.6. The fourth-order valence-electron chi connectivity index (χ4n) is 3.00. The zero-order valence-corrected chi connectivity index (χ0v) is 18.0. The number of H-pyrrole nitrogens is 1. The second kappa shape index (κ2) is 8.50. The number of nitrogens with zero attached hydrogens (tertiary/aromatic N) is 1. The van der Waals surface area contributed by atoms with Gasteiger partial charge in [-0.1, -0.05) is 12.1 Å². The Morgan fingerprint density at radius 1 is 1.03 bits per heavy atom. The molecule has 0 aliphatic heterocycles. The molecule has 0 atom stereocenters. The summed E-state index contributed by atoms with van der Waals surface area (Å²) in [6.45, 7) is 0.268. The van der Waals surface area contributed by atoms with Crippen molar-refractivity contribution >= 4 is 32.7 Å². The van der Waals surface area contributed by atoms with Crippen LogP contribution in [0.25, 0.3) is 21.1 Å². The Bertz CT molecular complexity index is 1110. The molecule has 0 radical (unpaired) electrons. The summed E-state index contributed by atoms with van der Waals surface area (Å²) in [6, 6.07) is 14.4. The third kappa shape index (κ3) is 4.27. The lowest BCUT2D eigenvalue weighted by molar-refractivity contribution is 0.414. The van der Waals surface area contributed by atoms with Crippen molar-refractivity contribution in [2.75, 3.05) is 13.7 Å². The van der Waals surface area contributed by atoms with E-state index >= 15 is 0 Å². The van der Waals surface area contributed by atoms with E-state index in [9.17, 15) is 8.42 Å². The number of methoxy groups -OCH3 is 1. The Morgan fingerprint density at radius 3 is 2.34 bits per heavy atom. The second-order valence-electron chi connectivity index (χ2n) is 6.20. The first-order valence-corrected chi connectivity index (χ1v) is 12.1. The van der Waals surface area contributed by atoms with Crippen LogP contribution in [0.2, 0.25) is 0 Å². The minimum absolute atomic E-state index is 0.211. The Labute approximate surface area is 177 Å². The number of aromatic amines is 1. The predicted octanol–water partition coefficient (Wildman–Crippen LogP) is 4.40. The van der Waals surface area contributed by atoms with E-state index in [0.717, 1.165) is 26.7 Å². The van der Waals surface area contributed by atoms with E-state index < -0.39 is 10.0 Å². The molecule has 2 N–H and O–H groups in total. The van der Waals surface area contributed by atoms with Gasteiger partial charge in [0.25, 0.3) is 0 Å². The Hall–Kier alpha value is -2.46. The van der Waals surface area contributed by atoms with Gasteiger partial charge in [-0.15, -0.1) is 22.7 Å². The highest BCUT2D eigenvalue weighted by Crippen LogP contribution is 2.34. The van der Waals surface area contributed by atoms with Gasteiger partial charge in [0, 0.05) is 12.1 Å². The molecule has 29 heavy (non-hydrogen) atoms. The Balaban J connectivity index is 1.55. The minimum atomic E-state index is -3.60. The van der Waals surface area contributed by atoms with E-state index in [2.05, 4.69) is 14.9 Å². The van der Waals surface area contributed by atoms with Crippen LogP contribution >= 0.6 is 22.7 Å². The van der Waals surface area contributed by atoms with Gasteiger partial charge in [0.2, 0.25) is 10.0 Å². The standard InChI is InChI=1S/C20H19N3O3S3/c1-26-14-6-8-15(9-7-14)29(24,25)21-11-10-16-19(17-4-2-12-27-17)22-23-20(16)18-5-3-13-28-18/h2-9,12-13,21H,10-11H2,1H3,(H,22,23). The molecule has 3 heterocycles. The molecule has 0 unspecified atom stereocenters. The molecule has 0 saturated heterocycles. The highest BCUT2D eigenvalue weighted by atomic mass is 32.2. The van der Waals surface area contributed by atoms with Gasteiger partial charge >= 0.3 is 0 Å². The summed E-state index contributed by atoms with van der Waals surface area (Å²) in [5.41, 5.74) is 2.81. The maximum atomic E-state index is 12.6. The molecule has 0 spiro atoms. The summed E-state index contributed by atoms with van der Waals surface area (Å²) in [5.74, 6) is 0.614. The molecule has 1 aromatic carbocycles. The monoisotopic (exact) mass is 445 g/mol. The molecule has 4 rings (SSSR count). The second-order valence-corrected chi connectivity index (χ2v) is 9.87.